The normalized spacial score (nSPS) is 10.6. The molecule has 0 aromatic heterocycles. The third-order valence-corrected chi connectivity index (χ3v) is 4.86. The summed E-state index contributed by atoms with van der Waals surface area (Å²) in [6.45, 7) is 8.00. The van der Waals surface area contributed by atoms with Gasteiger partial charge in [0.1, 0.15) is 30.8 Å². The lowest BCUT2D eigenvalue weighted by Crippen LogP contribution is -2.37. The van der Waals surface area contributed by atoms with Crippen molar-refractivity contribution in [1.82, 2.24) is 5.43 Å². The highest BCUT2D eigenvalue weighted by molar-refractivity contribution is 5.87. The van der Waals surface area contributed by atoms with E-state index >= 15 is 0 Å². The number of hydrogen-bond acceptors (Lipinski definition) is 8. The highest BCUT2D eigenvalue weighted by atomic mass is 19.4. The van der Waals surface area contributed by atoms with Gasteiger partial charge in [-0.25, -0.2) is 0 Å². The average Bonchev–Trinajstić information content (AvgIpc) is 3.02. The Morgan fingerprint density at radius 3 is 1.90 bits per heavy atom. The van der Waals surface area contributed by atoms with E-state index in [1.165, 1.54) is 13.3 Å². The molecule has 3 aromatic carbocycles. The van der Waals surface area contributed by atoms with E-state index in [1.807, 2.05) is 42.5 Å². The van der Waals surface area contributed by atoms with Gasteiger partial charge in [0.2, 0.25) is 6.29 Å². The molecular weight excluding hydrogens is 551 g/mol. The third kappa shape index (κ3) is 13.3. The molecule has 224 valence electrons. The van der Waals surface area contributed by atoms with E-state index in [9.17, 15) is 18.0 Å². The van der Waals surface area contributed by atoms with Crippen molar-refractivity contribution in [2.24, 2.45) is 5.73 Å². The Labute approximate surface area is 242 Å². The molecule has 0 saturated heterocycles. The van der Waals surface area contributed by atoms with Gasteiger partial charge < -0.3 is 25.9 Å². The van der Waals surface area contributed by atoms with Gasteiger partial charge in [0.25, 0.3) is 5.91 Å². The van der Waals surface area contributed by atoms with Gasteiger partial charge >= 0.3 is 6.18 Å². The van der Waals surface area contributed by atoms with Crippen LogP contribution in [0.2, 0.25) is 0 Å². The molecule has 3 aromatic rings. The Kier molecular flexibility index (Phi) is 15.8. The van der Waals surface area contributed by atoms with Crippen LogP contribution in [0, 0.1) is 5.41 Å². The predicted octanol–water partition coefficient (Wildman–Crippen LogP) is 5.43. The molecule has 0 saturated carbocycles. The molecule has 42 heavy (non-hydrogen) atoms. The quantitative estimate of drug-likeness (QED) is 0.0780. The monoisotopic (exact) mass is 585 g/mol. The van der Waals surface area contributed by atoms with Gasteiger partial charge in [-0.05, 0) is 54.6 Å². The van der Waals surface area contributed by atoms with Crippen LogP contribution >= 0.6 is 0 Å². The van der Waals surface area contributed by atoms with Gasteiger partial charge in [0.05, 0.1) is 5.69 Å². The van der Waals surface area contributed by atoms with E-state index in [4.69, 9.17) is 19.7 Å². The van der Waals surface area contributed by atoms with Crippen LogP contribution in [0.15, 0.2) is 98.1 Å². The maximum Gasteiger partial charge on any atom is 0.446 e. The zero-order valence-electron chi connectivity index (χ0n) is 23.0. The zero-order chi connectivity index (χ0) is 31.4. The number of ether oxygens (including phenoxy) is 2. The molecule has 0 bridgehead atoms. The van der Waals surface area contributed by atoms with Crippen LogP contribution in [0.3, 0.4) is 0 Å². The van der Waals surface area contributed by atoms with Crippen molar-refractivity contribution in [2.45, 2.75) is 12.2 Å². The van der Waals surface area contributed by atoms with Gasteiger partial charge in [0.15, 0.2) is 0 Å². The number of nitrogens with two attached hydrogens (primary N) is 1. The summed E-state index contributed by atoms with van der Waals surface area (Å²) in [7, 11) is 1.50. The minimum atomic E-state index is -4.64. The summed E-state index contributed by atoms with van der Waals surface area (Å²) in [6, 6.07) is 21.1. The minimum Gasteiger partial charge on any atom is -0.489 e. The van der Waals surface area contributed by atoms with E-state index in [0.29, 0.717) is 30.3 Å². The Morgan fingerprint density at radius 2 is 1.45 bits per heavy atom. The molecule has 12 heteroatoms. The second kappa shape index (κ2) is 19.1. The van der Waals surface area contributed by atoms with Crippen molar-refractivity contribution >= 4 is 29.8 Å². The van der Waals surface area contributed by atoms with Crippen molar-refractivity contribution in [3.05, 3.63) is 109 Å². The number of amides is 1. The second-order valence-electron chi connectivity index (χ2n) is 7.92. The number of nitrogens with one attached hydrogen (secondary N) is 4. The highest BCUT2D eigenvalue weighted by Crippen LogP contribution is 2.29. The first-order valence-electron chi connectivity index (χ1n) is 12.4. The van der Waals surface area contributed by atoms with Crippen molar-refractivity contribution in [2.75, 3.05) is 31.0 Å². The van der Waals surface area contributed by atoms with E-state index in [2.05, 4.69) is 35.1 Å². The largest absolute Gasteiger partial charge is 0.489 e. The molecule has 0 fully saturated rings. The number of rotatable bonds is 13. The van der Waals surface area contributed by atoms with Crippen LogP contribution in [0.5, 0.6) is 11.5 Å². The van der Waals surface area contributed by atoms with Crippen LogP contribution < -0.4 is 31.4 Å². The maximum absolute atomic E-state index is 13.3. The molecule has 3 rings (SSSR count). The molecular formula is C30H34F3N5O4. The lowest BCUT2D eigenvalue weighted by atomic mass is 10.0. The standard InChI is InChI=1S/C27H28N4O3.C2HF3O.CH5N/c1-3-14-33-24-16-21(17-25(18-24)34-15-4-2)26(29-22-12-10-20(19-28)11-13-22)27(32)31-30-23-8-6-5-7-9-23;3-2(4,5)1-6;1-2/h3-13,16-19,26,28-30H,1-2,14-15H2,(H,31,32);1H;2H2,1H3. The van der Waals surface area contributed by atoms with Gasteiger partial charge in [-0.2, -0.15) is 13.2 Å². The lowest BCUT2D eigenvalue weighted by molar-refractivity contribution is -0.156. The summed E-state index contributed by atoms with van der Waals surface area (Å²) < 4.78 is 42.7. The molecule has 0 heterocycles. The molecule has 9 nitrogen and oxygen atoms in total. The summed E-state index contributed by atoms with van der Waals surface area (Å²) in [4.78, 5) is 22.0. The number of aldehydes is 1. The van der Waals surface area contributed by atoms with E-state index in [-0.39, 0.29) is 5.91 Å². The fourth-order valence-corrected chi connectivity index (χ4v) is 3.11. The van der Waals surface area contributed by atoms with Crippen LogP contribution in [-0.2, 0) is 9.59 Å². The molecule has 0 spiro atoms. The summed E-state index contributed by atoms with van der Waals surface area (Å²) in [5.41, 5.74) is 13.1. The van der Waals surface area contributed by atoms with E-state index in [0.717, 1.165) is 16.9 Å². The Bertz CT molecular complexity index is 1240. The predicted molar refractivity (Wildman–Crippen MR) is 159 cm³/mol. The third-order valence-electron chi connectivity index (χ3n) is 4.86. The van der Waals surface area contributed by atoms with Gasteiger partial charge in [-0.3, -0.25) is 20.4 Å². The number of hydrazine groups is 1. The summed E-state index contributed by atoms with van der Waals surface area (Å²) in [6.07, 6.45) is -1.14. The first-order valence-corrected chi connectivity index (χ1v) is 12.4. The molecule has 1 unspecified atom stereocenters. The van der Waals surface area contributed by atoms with Crippen molar-refractivity contribution in [3.63, 3.8) is 0 Å². The number of para-hydroxylation sites is 1. The molecule has 0 aliphatic heterocycles. The molecule has 1 atom stereocenters. The number of benzene rings is 3. The molecule has 0 aliphatic rings. The summed E-state index contributed by atoms with van der Waals surface area (Å²) in [5.74, 6) is 0.785. The van der Waals surface area contributed by atoms with Crippen LogP contribution in [0.4, 0.5) is 24.5 Å². The molecule has 0 aliphatic carbocycles. The fraction of sp³-hybridized carbons (Fsp3) is 0.167. The average molecular weight is 586 g/mol. The first kappa shape index (κ1) is 34.9. The van der Waals surface area contributed by atoms with Gasteiger partial charge in [-0.1, -0.05) is 55.6 Å². The second-order valence-corrected chi connectivity index (χ2v) is 7.92. The number of alkyl halides is 3. The van der Waals surface area contributed by atoms with Crippen molar-refractivity contribution in [3.8, 4) is 11.5 Å². The zero-order valence-corrected chi connectivity index (χ0v) is 23.0. The van der Waals surface area contributed by atoms with E-state index < -0.39 is 18.5 Å². The Balaban J connectivity index is 0.000000979. The SMILES string of the molecule is C=CCOc1cc(OCC=C)cc(C(Nc2ccc(C=N)cc2)C(=O)NNc2ccccc2)c1.CN.O=CC(F)(F)F. The maximum atomic E-state index is 13.3. The van der Waals surface area contributed by atoms with Crippen molar-refractivity contribution in [1.29, 1.82) is 5.41 Å². The number of hydrogen-bond donors (Lipinski definition) is 5. The van der Waals surface area contributed by atoms with Crippen LogP contribution in [0.1, 0.15) is 17.2 Å². The minimum absolute atomic E-state index is 0.310. The highest BCUT2D eigenvalue weighted by Gasteiger charge is 2.25. The fourth-order valence-electron chi connectivity index (χ4n) is 3.11. The smallest absolute Gasteiger partial charge is 0.446 e. The number of halogens is 3. The van der Waals surface area contributed by atoms with Crippen molar-refractivity contribution < 1.29 is 32.2 Å². The number of anilines is 2. The number of carbonyl (C=O) groups is 2. The molecule has 6 N–H and O–H groups in total. The van der Waals surface area contributed by atoms with Gasteiger partial charge in [-0.15, -0.1) is 0 Å². The topological polar surface area (TPSA) is 139 Å². The number of carbonyl (C=O) groups excluding carboxylic acids is 2. The summed E-state index contributed by atoms with van der Waals surface area (Å²) in [5, 5.41) is 10.7. The van der Waals surface area contributed by atoms with Crippen LogP contribution in [0.25, 0.3) is 0 Å². The summed E-state index contributed by atoms with van der Waals surface area (Å²) >= 11 is 0. The molecule has 1 amide bonds. The Morgan fingerprint density at radius 1 is 0.929 bits per heavy atom. The van der Waals surface area contributed by atoms with E-state index in [1.54, 1.807) is 42.5 Å². The van der Waals surface area contributed by atoms with Gasteiger partial charge in [0, 0.05) is 18.0 Å². The first-order chi connectivity index (χ1) is 20.2. The Hall–Kier alpha value is -5.10. The lowest BCUT2D eigenvalue weighted by Gasteiger charge is -2.22. The van der Waals surface area contributed by atoms with Crippen LogP contribution in [-0.4, -0.2) is 44.8 Å². The molecule has 0 radical (unpaired) electrons.